The Labute approximate surface area is 196 Å². The van der Waals surface area contributed by atoms with Gasteiger partial charge in [-0.2, -0.15) is 0 Å². The molecular formula is C27H23N2O5+. The predicted molar refractivity (Wildman–Crippen MR) is 127 cm³/mol. The zero-order valence-corrected chi connectivity index (χ0v) is 18.3. The summed E-state index contributed by atoms with van der Waals surface area (Å²) in [7, 11) is 0. The molecule has 0 aliphatic carbocycles. The monoisotopic (exact) mass is 455 g/mol. The number of non-ortho nitro benzene ring substituents is 1. The van der Waals surface area contributed by atoms with Crippen LogP contribution in [0.1, 0.15) is 15.9 Å². The summed E-state index contributed by atoms with van der Waals surface area (Å²) < 4.78 is 7.56. The summed E-state index contributed by atoms with van der Waals surface area (Å²) in [6.07, 6.45) is 3.13. The van der Waals surface area contributed by atoms with Crippen molar-refractivity contribution in [1.29, 1.82) is 0 Å². The number of ether oxygens (including phenoxy) is 1. The molecule has 0 amide bonds. The second-order valence-electron chi connectivity index (χ2n) is 7.77. The molecule has 7 heteroatoms. The highest BCUT2D eigenvalue weighted by Gasteiger charge is 2.14. The van der Waals surface area contributed by atoms with Crippen LogP contribution in [-0.4, -0.2) is 28.5 Å². The largest absolute Gasteiger partial charge is 0.491 e. The average molecular weight is 455 g/mol. The molecule has 0 aliphatic rings. The van der Waals surface area contributed by atoms with Gasteiger partial charge in [-0.25, -0.2) is 4.57 Å². The minimum Gasteiger partial charge on any atom is -0.491 e. The number of carbonyl (C=O) groups excluding carboxylic acids is 1. The Bertz CT molecular complexity index is 1260. The second-order valence-corrected chi connectivity index (χ2v) is 7.77. The molecule has 0 unspecified atom stereocenters. The van der Waals surface area contributed by atoms with Crippen LogP contribution in [0.15, 0.2) is 103 Å². The van der Waals surface area contributed by atoms with E-state index in [1.165, 1.54) is 24.3 Å². The summed E-state index contributed by atoms with van der Waals surface area (Å²) in [5.41, 5.74) is 2.98. The minimum absolute atomic E-state index is 0.0656. The van der Waals surface area contributed by atoms with Crippen molar-refractivity contribution < 1.29 is 24.1 Å². The van der Waals surface area contributed by atoms with Gasteiger partial charge in [0.25, 0.3) is 5.69 Å². The lowest BCUT2D eigenvalue weighted by Gasteiger charge is -2.11. The van der Waals surface area contributed by atoms with Gasteiger partial charge in [-0.05, 0) is 47.5 Å². The second kappa shape index (κ2) is 10.5. The third-order valence-corrected chi connectivity index (χ3v) is 5.32. The van der Waals surface area contributed by atoms with Crippen molar-refractivity contribution in [2.45, 2.75) is 12.6 Å². The predicted octanol–water partition coefficient (Wildman–Crippen LogP) is 4.22. The van der Waals surface area contributed by atoms with Gasteiger partial charge in [-0.15, -0.1) is 0 Å². The normalized spacial score (nSPS) is 11.6. The van der Waals surface area contributed by atoms with Crippen LogP contribution in [0.5, 0.6) is 5.75 Å². The first-order valence-electron chi connectivity index (χ1n) is 10.7. The standard InChI is InChI=1S/C27H23N2O5/c30-25(18-28-16-14-21(15-17-28)20-4-2-1-3-5-20)19-34-26-12-8-23(9-13-26)27(31)22-6-10-24(11-7-22)29(32)33/h1-17,25,30H,18-19H2/q+1/t25-/m1/s1. The molecule has 0 aliphatic heterocycles. The van der Waals surface area contributed by atoms with Gasteiger partial charge in [-0.3, -0.25) is 14.9 Å². The van der Waals surface area contributed by atoms with Crippen LogP contribution in [0.25, 0.3) is 11.1 Å². The lowest BCUT2D eigenvalue weighted by atomic mass is 10.0. The van der Waals surface area contributed by atoms with Crippen molar-refractivity contribution in [2.75, 3.05) is 6.61 Å². The molecule has 1 N–H and O–H groups in total. The molecule has 0 radical (unpaired) electrons. The van der Waals surface area contributed by atoms with E-state index in [0.29, 0.717) is 23.4 Å². The molecule has 0 bridgehead atoms. The van der Waals surface area contributed by atoms with Crippen LogP contribution in [0, 0.1) is 10.1 Å². The van der Waals surface area contributed by atoms with E-state index in [2.05, 4.69) is 0 Å². The SMILES string of the molecule is O=C(c1ccc(OC[C@H](O)C[n+]2ccc(-c3ccccc3)cc2)cc1)c1ccc([N+](=O)[O-])cc1. The maximum Gasteiger partial charge on any atom is 0.269 e. The molecule has 0 saturated heterocycles. The van der Waals surface area contributed by atoms with Crippen LogP contribution in [-0.2, 0) is 6.54 Å². The van der Waals surface area contributed by atoms with Crippen LogP contribution in [0.4, 0.5) is 5.69 Å². The fourth-order valence-corrected chi connectivity index (χ4v) is 3.49. The van der Waals surface area contributed by atoms with Gasteiger partial charge in [0.15, 0.2) is 24.7 Å². The molecule has 170 valence electrons. The van der Waals surface area contributed by atoms with Gasteiger partial charge in [-0.1, -0.05) is 30.3 Å². The summed E-state index contributed by atoms with van der Waals surface area (Å²) in [4.78, 5) is 22.8. The van der Waals surface area contributed by atoms with E-state index in [1.54, 1.807) is 24.3 Å². The number of hydrogen-bond acceptors (Lipinski definition) is 5. The molecule has 34 heavy (non-hydrogen) atoms. The Morgan fingerprint density at radius 3 is 2.00 bits per heavy atom. The molecule has 0 saturated carbocycles. The van der Waals surface area contributed by atoms with E-state index in [0.717, 1.165) is 11.1 Å². The maximum atomic E-state index is 12.6. The number of aliphatic hydroxyl groups is 1. The number of ketones is 1. The van der Waals surface area contributed by atoms with E-state index < -0.39 is 11.0 Å². The van der Waals surface area contributed by atoms with Gasteiger partial charge < -0.3 is 9.84 Å². The first kappa shape index (κ1) is 22.8. The molecule has 3 aromatic carbocycles. The number of aliphatic hydroxyl groups excluding tert-OH is 1. The third-order valence-electron chi connectivity index (χ3n) is 5.32. The van der Waals surface area contributed by atoms with Crippen molar-refractivity contribution >= 4 is 11.5 Å². The first-order chi connectivity index (χ1) is 16.5. The number of carbonyl (C=O) groups is 1. The van der Waals surface area contributed by atoms with E-state index in [-0.39, 0.29) is 18.1 Å². The molecule has 7 nitrogen and oxygen atoms in total. The number of nitrogens with zero attached hydrogens (tertiary/aromatic N) is 2. The molecule has 4 aromatic rings. The van der Waals surface area contributed by atoms with Crippen LogP contribution >= 0.6 is 0 Å². The summed E-state index contributed by atoms with van der Waals surface area (Å²) in [6, 6.07) is 26.1. The number of pyridine rings is 1. The molecule has 1 aromatic heterocycles. The topological polar surface area (TPSA) is 93.6 Å². The lowest BCUT2D eigenvalue weighted by Crippen LogP contribution is -2.41. The smallest absolute Gasteiger partial charge is 0.269 e. The molecule has 0 fully saturated rings. The van der Waals surface area contributed by atoms with E-state index in [1.807, 2.05) is 59.4 Å². The fraction of sp³-hybridized carbons (Fsp3) is 0.111. The first-order valence-corrected chi connectivity index (χ1v) is 10.7. The highest BCUT2D eigenvalue weighted by Crippen LogP contribution is 2.19. The van der Waals surface area contributed by atoms with Crippen LogP contribution in [0.2, 0.25) is 0 Å². The Morgan fingerprint density at radius 1 is 0.853 bits per heavy atom. The summed E-state index contributed by atoms with van der Waals surface area (Å²) in [6.45, 7) is 0.481. The van der Waals surface area contributed by atoms with E-state index in [4.69, 9.17) is 4.74 Å². The zero-order valence-electron chi connectivity index (χ0n) is 18.3. The van der Waals surface area contributed by atoms with E-state index >= 15 is 0 Å². The Hall–Kier alpha value is -4.36. The maximum absolute atomic E-state index is 12.6. The summed E-state index contributed by atoms with van der Waals surface area (Å²) >= 11 is 0. The fourth-order valence-electron chi connectivity index (χ4n) is 3.49. The number of rotatable bonds is 9. The highest BCUT2D eigenvalue weighted by atomic mass is 16.6. The molecular weight excluding hydrogens is 432 g/mol. The van der Waals surface area contributed by atoms with Gasteiger partial charge >= 0.3 is 0 Å². The number of aromatic nitrogens is 1. The number of hydrogen-bond donors (Lipinski definition) is 1. The van der Waals surface area contributed by atoms with Crippen LogP contribution in [0.3, 0.4) is 0 Å². The Kier molecular flexibility index (Phi) is 7.05. The van der Waals surface area contributed by atoms with Gasteiger partial charge in [0.2, 0.25) is 0 Å². The number of nitro groups is 1. The van der Waals surface area contributed by atoms with Crippen molar-refractivity contribution in [2.24, 2.45) is 0 Å². The molecule has 1 heterocycles. The molecule has 4 rings (SSSR count). The van der Waals surface area contributed by atoms with Crippen LogP contribution < -0.4 is 9.30 Å². The zero-order chi connectivity index (χ0) is 23.9. The van der Waals surface area contributed by atoms with Crippen molar-refractivity contribution in [3.8, 4) is 16.9 Å². The van der Waals surface area contributed by atoms with Crippen molar-refractivity contribution in [3.63, 3.8) is 0 Å². The number of nitro benzene ring substituents is 1. The lowest BCUT2D eigenvalue weighted by molar-refractivity contribution is -0.703. The Balaban J connectivity index is 1.29. The molecule has 0 spiro atoms. The Morgan fingerprint density at radius 2 is 1.41 bits per heavy atom. The third kappa shape index (κ3) is 5.70. The van der Waals surface area contributed by atoms with Gasteiger partial charge in [0.05, 0.1) is 4.92 Å². The minimum atomic E-state index is -0.714. The number of benzene rings is 3. The quantitative estimate of drug-likeness (QED) is 0.177. The summed E-state index contributed by atoms with van der Waals surface area (Å²) in [5.74, 6) is 0.292. The van der Waals surface area contributed by atoms with Crippen molar-refractivity contribution in [1.82, 2.24) is 0 Å². The van der Waals surface area contributed by atoms with Gasteiger partial charge in [0, 0.05) is 35.4 Å². The average Bonchev–Trinajstić information content (AvgIpc) is 2.88. The van der Waals surface area contributed by atoms with Gasteiger partial charge in [0.1, 0.15) is 18.5 Å². The highest BCUT2D eigenvalue weighted by molar-refractivity contribution is 6.09. The van der Waals surface area contributed by atoms with Crippen molar-refractivity contribution in [3.05, 3.63) is 125 Å². The summed E-state index contributed by atoms with van der Waals surface area (Å²) in [5, 5.41) is 21.1. The van der Waals surface area contributed by atoms with E-state index in [9.17, 15) is 20.0 Å². The molecule has 1 atom stereocenters.